The third kappa shape index (κ3) is 3.19. The first kappa shape index (κ1) is 12.3. The molecule has 16 heavy (non-hydrogen) atoms. The van der Waals surface area contributed by atoms with Crippen LogP contribution in [0.15, 0.2) is 0 Å². The first-order chi connectivity index (χ1) is 7.65. The van der Waals surface area contributed by atoms with Crippen molar-refractivity contribution in [3.05, 3.63) is 0 Å². The molecule has 0 spiro atoms. The Morgan fingerprint density at radius 2 is 1.88 bits per heavy atom. The summed E-state index contributed by atoms with van der Waals surface area (Å²) < 4.78 is 0. The molecule has 1 unspecified atom stereocenters. The maximum absolute atomic E-state index is 9.50. The van der Waals surface area contributed by atoms with Gasteiger partial charge in [0, 0.05) is 19.1 Å². The molecule has 0 bridgehead atoms. The minimum Gasteiger partial charge on any atom is -0.393 e. The maximum atomic E-state index is 9.50. The van der Waals surface area contributed by atoms with E-state index in [0.29, 0.717) is 6.04 Å². The minimum absolute atomic E-state index is 0.0257. The highest BCUT2D eigenvalue weighted by Gasteiger charge is 2.26. The van der Waals surface area contributed by atoms with Gasteiger partial charge < -0.3 is 14.9 Å². The van der Waals surface area contributed by atoms with Gasteiger partial charge in [-0.05, 0) is 58.7 Å². The molecule has 1 saturated heterocycles. The van der Waals surface area contributed by atoms with E-state index in [1.807, 2.05) is 0 Å². The lowest BCUT2D eigenvalue weighted by atomic mass is 9.91. The molecule has 0 amide bonds. The van der Waals surface area contributed by atoms with Crippen molar-refractivity contribution in [1.82, 2.24) is 9.80 Å². The summed E-state index contributed by atoms with van der Waals surface area (Å²) >= 11 is 0. The Kier molecular flexibility index (Phi) is 4.22. The zero-order chi connectivity index (χ0) is 11.5. The molecule has 1 saturated carbocycles. The first-order valence-corrected chi connectivity index (χ1v) is 6.72. The summed E-state index contributed by atoms with van der Waals surface area (Å²) in [7, 11) is 4.48. The Bertz CT molecular complexity index is 214. The molecule has 0 aromatic carbocycles. The van der Waals surface area contributed by atoms with Gasteiger partial charge in [0.2, 0.25) is 0 Å². The quantitative estimate of drug-likeness (QED) is 0.782. The lowest BCUT2D eigenvalue weighted by Crippen LogP contribution is -2.39. The van der Waals surface area contributed by atoms with Crippen LogP contribution in [0.5, 0.6) is 0 Å². The summed E-state index contributed by atoms with van der Waals surface area (Å²) in [5.41, 5.74) is 0. The highest BCUT2D eigenvalue weighted by molar-refractivity contribution is 4.81. The number of aliphatic hydroxyl groups is 1. The second-order valence-corrected chi connectivity index (χ2v) is 5.82. The lowest BCUT2D eigenvalue weighted by molar-refractivity contribution is 0.0788. The Hall–Kier alpha value is -0.120. The number of aliphatic hydroxyl groups excluding tert-OH is 1. The van der Waals surface area contributed by atoms with E-state index < -0.39 is 0 Å². The number of hydrogen-bond donors (Lipinski definition) is 1. The van der Waals surface area contributed by atoms with E-state index in [2.05, 4.69) is 23.9 Å². The van der Waals surface area contributed by atoms with Gasteiger partial charge in [0.1, 0.15) is 0 Å². The predicted molar refractivity (Wildman–Crippen MR) is 66.5 cm³/mol. The van der Waals surface area contributed by atoms with Crippen molar-refractivity contribution in [3.8, 4) is 0 Å². The molecule has 2 fully saturated rings. The van der Waals surface area contributed by atoms with E-state index in [4.69, 9.17) is 0 Å². The number of nitrogens with zero attached hydrogens (tertiary/aromatic N) is 2. The van der Waals surface area contributed by atoms with Crippen molar-refractivity contribution in [2.24, 2.45) is 5.92 Å². The molecular formula is C13H26N2O. The molecule has 1 atom stereocenters. The molecule has 0 aromatic heterocycles. The van der Waals surface area contributed by atoms with E-state index >= 15 is 0 Å². The molecule has 3 heteroatoms. The first-order valence-electron chi connectivity index (χ1n) is 6.72. The van der Waals surface area contributed by atoms with Gasteiger partial charge >= 0.3 is 0 Å². The van der Waals surface area contributed by atoms with E-state index in [9.17, 15) is 5.11 Å². The summed E-state index contributed by atoms with van der Waals surface area (Å²) in [6, 6.07) is 0.717. The maximum Gasteiger partial charge on any atom is 0.0541 e. The average molecular weight is 226 g/mol. The second-order valence-electron chi connectivity index (χ2n) is 5.82. The fourth-order valence-corrected chi connectivity index (χ4v) is 3.23. The van der Waals surface area contributed by atoms with E-state index in [0.717, 1.165) is 18.8 Å². The molecule has 1 aliphatic heterocycles. The fraction of sp³-hybridized carbons (Fsp3) is 1.00. The third-order valence-corrected chi connectivity index (χ3v) is 4.32. The molecule has 1 heterocycles. The molecule has 94 valence electrons. The predicted octanol–water partition coefficient (Wildman–Crippen LogP) is 1.17. The second kappa shape index (κ2) is 5.48. The normalized spacial score (nSPS) is 37.1. The smallest absolute Gasteiger partial charge is 0.0541 e. The van der Waals surface area contributed by atoms with Crippen molar-refractivity contribution in [3.63, 3.8) is 0 Å². The number of hydrogen-bond acceptors (Lipinski definition) is 3. The van der Waals surface area contributed by atoms with Gasteiger partial charge in [-0.2, -0.15) is 0 Å². The highest BCUT2D eigenvalue weighted by Crippen LogP contribution is 2.24. The van der Waals surface area contributed by atoms with Gasteiger partial charge in [0.15, 0.2) is 0 Å². The monoisotopic (exact) mass is 226 g/mol. The standard InChI is InChI=1S/C13H26N2O/c1-14-8-7-11(9-14)10-15(2)12-3-5-13(16)6-4-12/h11-13,16H,3-10H2,1-2H3. The van der Waals surface area contributed by atoms with Crippen LogP contribution in [0.1, 0.15) is 32.1 Å². The van der Waals surface area contributed by atoms with Crippen LogP contribution in [0.4, 0.5) is 0 Å². The summed E-state index contributed by atoms with van der Waals surface area (Å²) in [5.74, 6) is 0.863. The van der Waals surface area contributed by atoms with Crippen LogP contribution in [-0.2, 0) is 0 Å². The van der Waals surface area contributed by atoms with Crippen LogP contribution in [0, 0.1) is 5.92 Å². The van der Waals surface area contributed by atoms with Crippen molar-refractivity contribution in [2.45, 2.75) is 44.2 Å². The fourth-order valence-electron chi connectivity index (χ4n) is 3.23. The molecular weight excluding hydrogens is 200 g/mol. The summed E-state index contributed by atoms with van der Waals surface area (Å²) in [6.45, 7) is 3.77. The van der Waals surface area contributed by atoms with Crippen LogP contribution in [0.25, 0.3) is 0 Å². The Morgan fingerprint density at radius 3 is 2.44 bits per heavy atom. The summed E-state index contributed by atoms with van der Waals surface area (Å²) in [4.78, 5) is 4.97. The van der Waals surface area contributed by atoms with Crippen molar-refractivity contribution < 1.29 is 5.11 Å². The number of likely N-dealkylation sites (tertiary alicyclic amines) is 1. The van der Waals surface area contributed by atoms with Crippen LogP contribution >= 0.6 is 0 Å². The van der Waals surface area contributed by atoms with Gasteiger partial charge in [-0.1, -0.05) is 0 Å². The van der Waals surface area contributed by atoms with Gasteiger partial charge in [0.05, 0.1) is 6.10 Å². The van der Waals surface area contributed by atoms with Gasteiger partial charge in [-0.3, -0.25) is 0 Å². The Balaban J connectivity index is 1.73. The van der Waals surface area contributed by atoms with Crippen LogP contribution in [-0.4, -0.2) is 60.8 Å². The van der Waals surface area contributed by atoms with Crippen LogP contribution in [0.2, 0.25) is 0 Å². The van der Waals surface area contributed by atoms with Gasteiger partial charge in [-0.25, -0.2) is 0 Å². The van der Waals surface area contributed by atoms with E-state index in [-0.39, 0.29) is 6.10 Å². The zero-order valence-electron chi connectivity index (χ0n) is 10.7. The van der Waals surface area contributed by atoms with Gasteiger partial charge in [0.25, 0.3) is 0 Å². The topological polar surface area (TPSA) is 26.7 Å². The molecule has 1 aliphatic carbocycles. The molecule has 0 aromatic rings. The lowest BCUT2D eigenvalue weighted by Gasteiger charge is -2.34. The van der Waals surface area contributed by atoms with E-state index in [1.54, 1.807) is 0 Å². The molecule has 1 N–H and O–H groups in total. The van der Waals surface area contributed by atoms with Crippen LogP contribution in [0.3, 0.4) is 0 Å². The highest BCUT2D eigenvalue weighted by atomic mass is 16.3. The SMILES string of the molecule is CN1CCC(CN(C)C2CCC(O)CC2)C1. The van der Waals surface area contributed by atoms with Gasteiger partial charge in [-0.15, -0.1) is 0 Å². The number of rotatable bonds is 3. The minimum atomic E-state index is -0.0257. The molecule has 2 rings (SSSR count). The van der Waals surface area contributed by atoms with Crippen LogP contribution < -0.4 is 0 Å². The third-order valence-electron chi connectivity index (χ3n) is 4.32. The average Bonchev–Trinajstić information content (AvgIpc) is 2.65. The Labute approximate surface area is 99.4 Å². The molecule has 0 radical (unpaired) electrons. The van der Waals surface area contributed by atoms with E-state index in [1.165, 1.54) is 38.9 Å². The molecule has 2 aliphatic rings. The largest absolute Gasteiger partial charge is 0.393 e. The zero-order valence-corrected chi connectivity index (χ0v) is 10.7. The summed E-state index contributed by atoms with van der Waals surface area (Å²) in [6.07, 6.45) is 5.69. The molecule has 3 nitrogen and oxygen atoms in total. The van der Waals surface area contributed by atoms with Crippen molar-refractivity contribution in [2.75, 3.05) is 33.7 Å². The van der Waals surface area contributed by atoms with Crippen molar-refractivity contribution >= 4 is 0 Å². The summed E-state index contributed by atoms with van der Waals surface area (Å²) in [5, 5.41) is 9.50. The van der Waals surface area contributed by atoms with Crippen molar-refractivity contribution in [1.29, 1.82) is 0 Å². The Morgan fingerprint density at radius 1 is 1.19 bits per heavy atom.